The highest BCUT2D eigenvalue weighted by Crippen LogP contribution is 2.43. The van der Waals surface area contributed by atoms with Gasteiger partial charge in [-0.15, -0.1) is 0 Å². The fourth-order valence-corrected chi connectivity index (χ4v) is 4.74. The third-order valence-corrected chi connectivity index (χ3v) is 6.78. The minimum Gasteiger partial charge on any atom is -0.339 e. The van der Waals surface area contributed by atoms with E-state index in [-0.39, 0.29) is 17.8 Å². The second-order valence-electron chi connectivity index (χ2n) is 9.22. The lowest BCUT2D eigenvalue weighted by atomic mass is 9.86. The van der Waals surface area contributed by atoms with Crippen LogP contribution in [0.5, 0.6) is 0 Å². The van der Waals surface area contributed by atoms with Crippen LogP contribution in [0.2, 0.25) is 0 Å². The maximum atomic E-state index is 12.8. The van der Waals surface area contributed by atoms with Crippen LogP contribution in [-0.4, -0.2) is 80.5 Å². The average molecular weight is 465 g/mol. The molecular formula is C23H28N8O3. The number of benzene rings is 1. The number of rotatable bonds is 3. The number of hydrogen-bond acceptors (Lipinski definition) is 5. The number of aromatic amines is 2. The first-order valence-electron chi connectivity index (χ1n) is 11.4. The predicted molar refractivity (Wildman–Crippen MR) is 128 cm³/mol. The maximum Gasteiger partial charge on any atom is 0.322 e. The molecule has 0 atom stereocenters. The highest BCUT2D eigenvalue weighted by Gasteiger charge is 2.43. The molecule has 2 aliphatic heterocycles. The Morgan fingerprint density at radius 1 is 1.15 bits per heavy atom. The van der Waals surface area contributed by atoms with Gasteiger partial charge in [0, 0.05) is 45.8 Å². The largest absolute Gasteiger partial charge is 0.339 e. The predicted octanol–water partition coefficient (Wildman–Crippen LogP) is 2.29. The summed E-state index contributed by atoms with van der Waals surface area (Å²) in [4.78, 5) is 50.3. The molecule has 5 rings (SSSR count). The summed E-state index contributed by atoms with van der Waals surface area (Å²) in [6, 6.07) is 3.66. The number of hydrogen-bond donors (Lipinski definition) is 3. The van der Waals surface area contributed by atoms with E-state index in [1.807, 2.05) is 32.9 Å². The van der Waals surface area contributed by atoms with E-state index >= 15 is 0 Å². The number of likely N-dealkylation sites (N-methyl/N-ethyl adjacent to an activating group) is 1. The minimum atomic E-state index is -0.608. The van der Waals surface area contributed by atoms with Gasteiger partial charge < -0.3 is 25.0 Å². The van der Waals surface area contributed by atoms with Crippen molar-refractivity contribution in [1.29, 1.82) is 0 Å². The summed E-state index contributed by atoms with van der Waals surface area (Å²) < 4.78 is 0. The molecule has 0 radical (unpaired) electrons. The van der Waals surface area contributed by atoms with Crippen molar-refractivity contribution >= 4 is 40.3 Å². The fraction of sp³-hybridized carbons (Fsp3) is 0.435. The first-order chi connectivity index (χ1) is 16.2. The summed E-state index contributed by atoms with van der Waals surface area (Å²) >= 11 is 0. The van der Waals surface area contributed by atoms with Crippen LogP contribution in [0.15, 0.2) is 18.3 Å². The smallest absolute Gasteiger partial charge is 0.322 e. The Morgan fingerprint density at radius 2 is 1.85 bits per heavy atom. The molecule has 2 aliphatic rings. The molecule has 0 spiro atoms. The van der Waals surface area contributed by atoms with Gasteiger partial charge in [0.05, 0.1) is 27.8 Å². The van der Waals surface area contributed by atoms with Crippen LogP contribution in [-0.2, 0) is 15.0 Å². The van der Waals surface area contributed by atoms with Crippen molar-refractivity contribution < 1.29 is 14.4 Å². The zero-order valence-electron chi connectivity index (χ0n) is 19.7. The first kappa shape index (κ1) is 21.9. The Bertz CT molecular complexity index is 1300. The first-order valence-corrected chi connectivity index (χ1v) is 11.4. The molecule has 34 heavy (non-hydrogen) atoms. The second kappa shape index (κ2) is 7.86. The molecule has 1 aromatic carbocycles. The minimum absolute atomic E-state index is 0.0165. The number of aromatic nitrogens is 4. The highest BCUT2D eigenvalue weighted by atomic mass is 16.2. The number of nitrogens with one attached hydrogen (secondary N) is 3. The lowest BCUT2D eigenvalue weighted by Gasteiger charge is -2.34. The normalized spacial score (nSPS) is 17.4. The van der Waals surface area contributed by atoms with Crippen LogP contribution in [0.25, 0.3) is 22.6 Å². The Balaban J connectivity index is 1.40. The molecule has 4 amide bonds. The Morgan fingerprint density at radius 3 is 2.53 bits per heavy atom. The van der Waals surface area contributed by atoms with Gasteiger partial charge in [-0.25, -0.2) is 9.78 Å². The van der Waals surface area contributed by atoms with Crippen molar-refractivity contribution in [3.8, 4) is 11.5 Å². The van der Waals surface area contributed by atoms with Crippen molar-refractivity contribution in [2.24, 2.45) is 0 Å². The van der Waals surface area contributed by atoms with Gasteiger partial charge in [-0.2, -0.15) is 5.10 Å². The van der Waals surface area contributed by atoms with Gasteiger partial charge in [0.15, 0.2) is 11.5 Å². The Kier molecular flexibility index (Phi) is 5.07. The number of fused-ring (bicyclic) bond motifs is 2. The van der Waals surface area contributed by atoms with E-state index in [9.17, 15) is 14.4 Å². The van der Waals surface area contributed by atoms with Crippen LogP contribution in [0.4, 0.5) is 16.2 Å². The van der Waals surface area contributed by atoms with Crippen LogP contribution in [0.3, 0.4) is 0 Å². The summed E-state index contributed by atoms with van der Waals surface area (Å²) in [5.74, 6) is 0.617. The SMILES string of the molecule is CCN1C(=O)C(C)(C)c2cc3[nH]c(-c4n[nH]cc4NC(=O)N4CCN(C(C)=O)CC4)nc3cc21. The number of anilines is 2. The van der Waals surface area contributed by atoms with Crippen molar-refractivity contribution in [2.45, 2.75) is 33.1 Å². The molecule has 0 unspecified atom stereocenters. The van der Waals surface area contributed by atoms with Gasteiger partial charge in [0.25, 0.3) is 0 Å². The van der Waals surface area contributed by atoms with Gasteiger partial charge in [-0.1, -0.05) is 0 Å². The number of amides is 4. The Hall–Kier alpha value is -3.89. The maximum absolute atomic E-state index is 12.8. The van der Waals surface area contributed by atoms with Crippen LogP contribution in [0, 0.1) is 0 Å². The molecule has 3 aromatic rings. The molecule has 11 nitrogen and oxygen atoms in total. The topological polar surface area (TPSA) is 130 Å². The monoisotopic (exact) mass is 464 g/mol. The van der Waals surface area contributed by atoms with E-state index in [2.05, 4.69) is 20.5 Å². The van der Waals surface area contributed by atoms with Crippen LogP contribution >= 0.6 is 0 Å². The number of piperazine rings is 1. The molecular weight excluding hydrogens is 436 g/mol. The number of nitrogens with zero attached hydrogens (tertiary/aromatic N) is 5. The summed E-state index contributed by atoms with van der Waals surface area (Å²) in [6.07, 6.45) is 1.62. The highest BCUT2D eigenvalue weighted by molar-refractivity contribution is 6.09. The molecule has 3 N–H and O–H groups in total. The summed E-state index contributed by atoms with van der Waals surface area (Å²) in [6.45, 7) is 9.93. The fourth-order valence-electron chi connectivity index (χ4n) is 4.74. The van der Waals surface area contributed by atoms with E-state index < -0.39 is 5.41 Å². The summed E-state index contributed by atoms with van der Waals surface area (Å²) in [5.41, 5.74) is 3.76. The third kappa shape index (κ3) is 3.39. The van der Waals surface area contributed by atoms with Gasteiger partial charge in [0.1, 0.15) is 0 Å². The molecule has 4 heterocycles. The third-order valence-electron chi connectivity index (χ3n) is 6.78. The van der Waals surface area contributed by atoms with E-state index in [1.165, 1.54) is 6.92 Å². The molecule has 0 aliphatic carbocycles. The van der Waals surface area contributed by atoms with Gasteiger partial charge in [-0.05, 0) is 38.5 Å². The molecule has 0 saturated carbocycles. The number of urea groups is 1. The zero-order chi connectivity index (χ0) is 24.2. The summed E-state index contributed by atoms with van der Waals surface area (Å²) in [5, 5.41) is 10.0. The molecule has 1 fully saturated rings. The van der Waals surface area contributed by atoms with Crippen molar-refractivity contribution in [3.05, 3.63) is 23.9 Å². The quantitative estimate of drug-likeness (QED) is 0.548. The number of carbonyl (C=O) groups excluding carboxylic acids is 3. The van der Waals surface area contributed by atoms with E-state index in [1.54, 1.807) is 20.9 Å². The van der Waals surface area contributed by atoms with Gasteiger partial charge in [0.2, 0.25) is 11.8 Å². The number of H-pyrrole nitrogens is 2. The van der Waals surface area contributed by atoms with Crippen molar-refractivity contribution in [2.75, 3.05) is 42.9 Å². The molecule has 11 heteroatoms. The van der Waals surface area contributed by atoms with Gasteiger partial charge >= 0.3 is 6.03 Å². The molecule has 0 bridgehead atoms. The number of imidazole rings is 1. The summed E-state index contributed by atoms with van der Waals surface area (Å²) in [7, 11) is 0. The number of carbonyl (C=O) groups is 3. The average Bonchev–Trinajstić information content (AvgIpc) is 3.48. The van der Waals surface area contributed by atoms with Crippen LogP contribution < -0.4 is 10.2 Å². The van der Waals surface area contributed by atoms with E-state index in [0.717, 1.165) is 22.3 Å². The lowest BCUT2D eigenvalue weighted by Crippen LogP contribution is -2.51. The van der Waals surface area contributed by atoms with Gasteiger partial charge in [-0.3, -0.25) is 14.7 Å². The second-order valence-corrected chi connectivity index (χ2v) is 9.22. The van der Waals surface area contributed by atoms with E-state index in [4.69, 9.17) is 4.98 Å². The lowest BCUT2D eigenvalue weighted by molar-refractivity contribution is -0.130. The Labute approximate surface area is 196 Å². The van der Waals surface area contributed by atoms with Crippen molar-refractivity contribution in [3.63, 3.8) is 0 Å². The zero-order valence-corrected chi connectivity index (χ0v) is 19.7. The molecule has 1 saturated heterocycles. The standard InChI is InChI=1S/C23H28N8O3/c1-5-31-18-11-16-15(10-14(18)23(3,4)21(31)33)25-20(26-16)19-17(12-24-28-19)27-22(34)30-8-6-29(7-9-30)13(2)32/h10-12H,5-9H2,1-4H3,(H,24,28)(H,25,26)(H,27,34). The molecule has 2 aromatic heterocycles. The van der Waals surface area contributed by atoms with Crippen LogP contribution in [0.1, 0.15) is 33.3 Å². The van der Waals surface area contributed by atoms with E-state index in [0.29, 0.717) is 49.9 Å². The van der Waals surface area contributed by atoms with Crippen molar-refractivity contribution in [1.82, 2.24) is 30.0 Å². The molecule has 178 valence electrons.